The lowest BCUT2D eigenvalue weighted by molar-refractivity contribution is 0.613. The molecule has 5 heteroatoms. The number of nitrogens with one attached hydrogen (secondary N) is 2. The molecule has 0 unspecified atom stereocenters. The Morgan fingerprint density at radius 2 is 2.00 bits per heavy atom. The second-order valence-corrected chi connectivity index (χ2v) is 5.87. The van der Waals surface area contributed by atoms with E-state index in [1.54, 1.807) is 0 Å². The number of para-hydroxylation sites is 1. The van der Waals surface area contributed by atoms with Gasteiger partial charge < -0.3 is 10.6 Å². The highest BCUT2D eigenvalue weighted by atomic mass is 127. The summed E-state index contributed by atoms with van der Waals surface area (Å²) in [6, 6.07) is 11.1. The van der Waals surface area contributed by atoms with Crippen LogP contribution in [-0.2, 0) is 6.42 Å². The molecule has 0 atom stereocenters. The molecular formula is C18H25IN4. The molecule has 1 heterocycles. The average Bonchev–Trinajstić information content (AvgIpc) is 3.07. The molecule has 4 nitrogen and oxygen atoms in total. The third-order valence-corrected chi connectivity index (χ3v) is 4.32. The number of benzene rings is 1. The van der Waals surface area contributed by atoms with Gasteiger partial charge in [-0.1, -0.05) is 37.1 Å². The highest BCUT2D eigenvalue weighted by Crippen LogP contribution is 2.17. The van der Waals surface area contributed by atoms with Gasteiger partial charge in [0, 0.05) is 31.2 Å². The van der Waals surface area contributed by atoms with Crippen molar-refractivity contribution in [3.8, 4) is 0 Å². The lowest BCUT2D eigenvalue weighted by Crippen LogP contribution is -2.43. The second kappa shape index (κ2) is 9.05. The molecule has 23 heavy (non-hydrogen) atoms. The standard InChI is InChI=1S/C18H24N4.HI/c1-19-18(22-16-9-2-3-10-16)21-13-11-15-7-4-6-14-8-5-12-20-17(14)15;/h4-8,12,16H,2-3,9-11,13H2,1H3,(H2,19,21,22);1H. The van der Waals surface area contributed by atoms with Crippen molar-refractivity contribution in [1.29, 1.82) is 0 Å². The summed E-state index contributed by atoms with van der Waals surface area (Å²) in [7, 11) is 1.84. The second-order valence-electron chi connectivity index (χ2n) is 5.87. The fourth-order valence-corrected chi connectivity index (χ4v) is 3.14. The van der Waals surface area contributed by atoms with Crippen LogP contribution < -0.4 is 10.6 Å². The molecule has 0 radical (unpaired) electrons. The molecule has 1 saturated carbocycles. The van der Waals surface area contributed by atoms with E-state index in [1.807, 2.05) is 19.3 Å². The summed E-state index contributed by atoms with van der Waals surface area (Å²) in [6.45, 7) is 0.863. The molecule has 1 aliphatic carbocycles. The Morgan fingerprint density at radius 3 is 2.78 bits per heavy atom. The van der Waals surface area contributed by atoms with Gasteiger partial charge in [-0.25, -0.2) is 0 Å². The van der Waals surface area contributed by atoms with Gasteiger partial charge in [0.05, 0.1) is 5.52 Å². The number of pyridine rings is 1. The quantitative estimate of drug-likeness (QED) is 0.449. The van der Waals surface area contributed by atoms with Gasteiger partial charge in [-0.15, -0.1) is 24.0 Å². The Balaban J connectivity index is 0.00000192. The summed E-state index contributed by atoms with van der Waals surface area (Å²) >= 11 is 0. The summed E-state index contributed by atoms with van der Waals surface area (Å²) in [5, 5.41) is 8.14. The molecule has 1 aromatic heterocycles. The molecule has 0 bridgehead atoms. The number of aromatic nitrogens is 1. The molecular weight excluding hydrogens is 399 g/mol. The van der Waals surface area contributed by atoms with E-state index >= 15 is 0 Å². The zero-order valence-electron chi connectivity index (χ0n) is 13.6. The number of hydrogen-bond donors (Lipinski definition) is 2. The van der Waals surface area contributed by atoms with Crippen LogP contribution in [0.5, 0.6) is 0 Å². The van der Waals surface area contributed by atoms with Crippen LogP contribution in [0, 0.1) is 0 Å². The Morgan fingerprint density at radius 1 is 1.22 bits per heavy atom. The van der Waals surface area contributed by atoms with E-state index in [4.69, 9.17) is 0 Å². The van der Waals surface area contributed by atoms with Crippen molar-refractivity contribution < 1.29 is 0 Å². The number of rotatable bonds is 4. The number of halogens is 1. The molecule has 124 valence electrons. The first kappa shape index (κ1) is 18.0. The minimum Gasteiger partial charge on any atom is -0.356 e. The average molecular weight is 424 g/mol. The van der Waals surface area contributed by atoms with Crippen molar-refractivity contribution in [1.82, 2.24) is 15.6 Å². The molecule has 1 aromatic carbocycles. The van der Waals surface area contributed by atoms with E-state index in [9.17, 15) is 0 Å². The van der Waals surface area contributed by atoms with E-state index < -0.39 is 0 Å². The van der Waals surface area contributed by atoms with Crippen LogP contribution in [0.2, 0.25) is 0 Å². The molecule has 3 rings (SSSR count). The molecule has 1 fully saturated rings. The molecule has 0 spiro atoms. The maximum atomic E-state index is 4.51. The highest BCUT2D eigenvalue weighted by Gasteiger charge is 2.15. The van der Waals surface area contributed by atoms with Crippen molar-refractivity contribution in [2.75, 3.05) is 13.6 Å². The molecule has 1 aliphatic rings. The van der Waals surface area contributed by atoms with Crippen molar-refractivity contribution in [2.45, 2.75) is 38.1 Å². The third kappa shape index (κ3) is 4.80. The number of nitrogens with zero attached hydrogens (tertiary/aromatic N) is 2. The van der Waals surface area contributed by atoms with Gasteiger partial charge in [0.25, 0.3) is 0 Å². The highest BCUT2D eigenvalue weighted by molar-refractivity contribution is 14.0. The Kier molecular flexibility index (Phi) is 7.08. The van der Waals surface area contributed by atoms with Gasteiger partial charge in [-0.2, -0.15) is 0 Å². The smallest absolute Gasteiger partial charge is 0.191 e. The predicted octanol–water partition coefficient (Wildman–Crippen LogP) is 3.50. The first-order valence-corrected chi connectivity index (χ1v) is 8.16. The van der Waals surface area contributed by atoms with Gasteiger partial charge in [0.15, 0.2) is 5.96 Å². The number of hydrogen-bond acceptors (Lipinski definition) is 2. The Labute approximate surface area is 155 Å². The zero-order chi connectivity index (χ0) is 15.2. The van der Waals surface area contributed by atoms with Gasteiger partial charge in [0.2, 0.25) is 0 Å². The lowest BCUT2D eigenvalue weighted by Gasteiger charge is -2.17. The normalized spacial score (nSPS) is 15.4. The molecule has 0 saturated heterocycles. The molecule has 2 aromatic rings. The van der Waals surface area contributed by atoms with Crippen LogP contribution in [0.3, 0.4) is 0 Å². The maximum absolute atomic E-state index is 4.51. The first-order valence-electron chi connectivity index (χ1n) is 8.16. The predicted molar refractivity (Wildman–Crippen MR) is 108 cm³/mol. The SMILES string of the molecule is CN=C(NCCc1cccc2cccnc12)NC1CCCC1.I. The van der Waals surface area contributed by atoms with E-state index in [0.717, 1.165) is 24.4 Å². The summed E-state index contributed by atoms with van der Waals surface area (Å²) < 4.78 is 0. The van der Waals surface area contributed by atoms with Crippen LogP contribution >= 0.6 is 24.0 Å². The van der Waals surface area contributed by atoms with Crippen LogP contribution in [0.1, 0.15) is 31.2 Å². The Bertz CT molecular complexity index is 645. The number of fused-ring (bicyclic) bond motifs is 1. The van der Waals surface area contributed by atoms with Crippen LogP contribution in [-0.4, -0.2) is 30.6 Å². The minimum absolute atomic E-state index is 0. The largest absolute Gasteiger partial charge is 0.356 e. The summed E-state index contributed by atoms with van der Waals surface area (Å²) in [4.78, 5) is 8.83. The van der Waals surface area contributed by atoms with Crippen molar-refractivity contribution in [3.05, 3.63) is 42.1 Å². The van der Waals surface area contributed by atoms with E-state index in [1.165, 1.54) is 36.6 Å². The van der Waals surface area contributed by atoms with Crippen molar-refractivity contribution in [3.63, 3.8) is 0 Å². The van der Waals surface area contributed by atoms with Gasteiger partial charge in [-0.3, -0.25) is 9.98 Å². The molecule has 0 amide bonds. The van der Waals surface area contributed by atoms with E-state index in [-0.39, 0.29) is 24.0 Å². The maximum Gasteiger partial charge on any atom is 0.191 e. The van der Waals surface area contributed by atoms with Crippen LogP contribution in [0.25, 0.3) is 10.9 Å². The minimum atomic E-state index is 0. The van der Waals surface area contributed by atoms with Crippen LogP contribution in [0.4, 0.5) is 0 Å². The third-order valence-electron chi connectivity index (χ3n) is 4.32. The molecule has 0 aliphatic heterocycles. The number of aliphatic imine (C=N–C) groups is 1. The van der Waals surface area contributed by atoms with Gasteiger partial charge in [-0.05, 0) is 30.9 Å². The van der Waals surface area contributed by atoms with Gasteiger partial charge in [0.1, 0.15) is 0 Å². The van der Waals surface area contributed by atoms with E-state index in [0.29, 0.717) is 6.04 Å². The van der Waals surface area contributed by atoms with Crippen molar-refractivity contribution in [2.24, 2.45) is 4.99 Å². The summed E-state index contributed by atoms with van der Waals surface area (Å²) in [5.41, 5.74) is 2.38. The van der Waals surface area contributed by atoms with Gasteiger partial charge >= 0.3 is 0 Å². The Hall–Kier alpha value is -1.37. The first-order chi connectivity index (χ1) is 10.9. The topological polar surface area (TPSA) is 49.3 Å². The zero-order valence-corrected chi connectivity index (χ0v) is 15.9. The monoisotopic (exact) mass is 424 g/mol. The van der Waals surface area contributed by atoms with Crippen LogP contribution in [0.15, 0.2) is 41.5 Å². The summed E-state index contributed by atoms with van der Waals surface area (Å²) in [6.07, 6.45) is 7.98. The van der Waals surface area contributed by atoms with Crippen molar-refractivity contribution >= 4 is 40.8 Å². The summed E-state index contributed by atoms with van der Waals surface area (Å²) in [5.74, 6) is 0.917. The molecule has 2 N–H and O–H groups in total. The fourth-order valence-electron chi connectivity index (χ4n) is 3.14. The lowest BCUT2D eigenvalue weighted by atomic mass is 10.1. The number of guanidine groups is 1. The fraction of sp³-hybridized carbons (Fsp3) is 0.444. The van der Waals surface area contributed by atoms with E-state index in [2.05, 4.69) is 44.9 Å².